The molecule has 2 N–H and O–H groups in total. The lowest BCUT2D eigenvalue weighted by Gasteiger charge is -2.23. The van der Waals surface area contributed by atoms with Crippen molar-refractivity contribution in [2.75, 3.05) is 0 Å². The zero-order valence-corrected chi connectivity index (χ0v) is 25.7. The number of benzene rings is 8. The quantitative estimate of drug-likeness (QED) is 0.159. The Labute approximate surface area is 280 Å². The average molecular weight is 608 g/mol. The van der Waals surface area contributed by atoms with Gasteiger partial charge in [0.15, 0.2) is 0 Å². The maximum atomic E-state index is 10.8. The highest BCUT2D eigenvalue weighted by Crippen LogP contribution is 2.48. The van der Waals surface area contributed by atoms with Crippen molar-refractivity contribution in [3.63, 3.8) is 0 Å². The van der Waals surface area contributed by atoms with Gasteiger partial charge >= 0.3 is 0 Å². The highest BCUT2D eigenvalue weighted by molar-refractivity contribution is 6.53. The van der Waals surface area contributed by atoms with E-state index in [2.05, 4.69) is 78.9 Å². The molecule has 0 unspecified atom stereocenters. The Morgan fingerprint density at radius 2 is 0.875 bits per heavy atom. The van der Waals surface area contributed by atoms with Crippen LogP contribution in [0.15, 0.2) is 132 Å². The molecule has 1 aromatic heterocycles. The second-order valence-corrected chi connectivity index (χ2v) is 12.1. The third-order valence-corrected chi connectivity index (χ3v) is 9.61. The Balaban J connectivity index is 1.40. The molecule has 8 aromatic carbocycles. The van der Waals surface area contributed by atoms with E-state index in [0.717, 1.165) is 65.7 Å². The number of phenolic OH excluding ortho intramolecular Hbond substituents is 2. The molecule has 0 atom stereocenters. The molecule has 0 saturated carbocycles. The lowest BCUT2D eigenvalue weighted by molar-refractivity contribution is 0.464. The van der Waals surface area contributed by atoms with Gasteiger partial charge < -0.3 is 14.6 Å². The number of phenols is 2. The second kappa shape index (κ2) is 10.6. The minimum absolute atomic E-state index is 0.00903. The maximum Gasteiger partial charge on any atom is 0.143 e. The Kier molecular flexibility index (Phi) is 6.25. The number of furan rings is 1. The highest BCUT2D eigenvalue weighted by atomic mass is 16.3. The fourth-order valence-electron chi connectivity index (χ4n) is 7.47. The largest absolute Gasteiger partial charge is 0.509 e. The van der Waals surface area contributed by atoms with E-state index in [0.29, 0.717) is 11.1 Å². The predicted molar refractivity (Wildman–Crippen MR) is 202 cm³/mol. The van der Waals surface area contributed by atoms with Crippen LogP contribution in [0.4, 0.5) is 0 Å². The van der Waals surface area contributed by atoms with Crippen molar-refractivity contribution < 1.29 is 14.6 Å². The van der Waals surface area contributed by atoms with Crippen molar-refractivity contribution in [3.05, 3.63) is 127 Å². The molecule has 0 aliphatic rings. The van der Waals surface area contributed by atoms with Gasteiger partial charge in [-0.05, 0) is 82.6 Å². The molecular formula is C42H23B3O3. The van der Waals surface area contributed by atoms with Gasteiger partial charge in [0.05, 0.1) is 0 Å². The summed E-state index contributed by atoms with van der Waals surface area (Å²) in [4.78, 5) is 0. The van der Waals surface area contributed by atoms with Crippen LogP contribution in [0.2, 0.25) is 0 Å². The normalized spacial score (nSPS) is 11.8. The van der Waals surface area contributed by atoms with Gasteiger partial charge in [-0.2, -0.15) is 0 Å². The average Bonchev–Trinajstić information content (AvgIpc) is 3.52. The fraction of sp³-hybridized carbons (Fsp3) is 0. The third kappa shape index (κ3) is 3.93. The topological polar surface area (TPSA) is 53.6 Å². The van der Waals surface area contributed by atoms with Gasteiger partial charge in [0.2, 0.25) is 0 Å². The fourth-order valence-corrected chi connectivity index (χ4v) is 7.47. The van der Waals surface area contributed by atoms with E-state index < -0.39 is 11.5 Å². The molecule has 3 nitrogen and oxygen atoms in total. The molecular weight excluding hydrogens is 585 g/mol. The van der Waals surface area contributed by atoms with Crippen molar-refractivity contribution in [3.8, 4) is 44.9 Å². The van der Waals surface area contributed by atoms with Gasteiger partial charge in [-0.1, -0.05) is 121 Å². The lowest BCUT2D eigenvalue weighted by atomic mass is 9.70. The first-order chi connectivity index (χ1) is 23.4. The summed E-state index contributed by atoms with van der Waals surface area (Å²) in [7, 11) is 19.0. The summed E-state index contributed by atoms with van der Waals surface area (Å²) < 4.78 is 6.73. The standard InChI is InChI=1S/C42H23B3O3/c43-37-36(38(44)41(47)39(45)40(37)46)35-27-15-5-3-13-25(27)33(26-14-4-6-16-28(26)35)30-19-9-21-32-34(30)31-20-8-18-29(42(31)48-32)24-17-7-11-22-10-1-2-12-23(22)24/h1-21,46-47H. The van der Waals surface area contributed by atoms with Crippen LogP contribution in [0.1, 0.15) is 0 Å². The summed E-state index contributed by atoms with van der Waals surface area (Å²) in [5, 5.41) is 29.6. The van der Waals surface area contributed by atoms with Crippen LogP contribution in [-0.4, -0.2) is 33.8 Å². The van der Waals surface area contributed by atoms with E-state index in [1.165, 1.54) is 10.8 Å². The molecule has 0 aliphatic carbocycles. The van der Waals surface area contributed by atoms with Crippen LogP contribution in [-0.2, 0) is 0 Å². The highest BCUT2D eigenvalue weighted by Gasteiger charge is 2.24. The van der Waals surface area contributed by atoms with Crippen LogP contribution in [0.3, 0.4) is 0 Å². The Bertz CT molecular complexity index is 2710. The van der Waals surface area contributed by atoms with Gasteiger partial charge in [0, 0.05) is 16.3 Å². The summed E-state index contributed by atoms with van der Waals surface area (Å²) in [6, 6.07) is 43.4. The molecule has 0 aliphatic heterocycles. The first-order valence-corrected chi connectivity index (χ1v) is 15.7. The van der Waals surface area contributed by atoms with Crippen molar-refractivity contribution in [2.45, 2.75) is 0 Å². The third-order valence-electron chi connectivity index (χ3n) is 9.61. The number of fused-ring (bicyclic) bond motifs is 6. The molecule has 1 heterocycles. The number of para-hydroxylation sites is 1. The van der Waals surface area contributed by atoms with E-state index in [-0.39, 0.29) is 16.4 Å². The van der Waals surface area contributed by atoms with E-state index in [9.17, 15) is 10.2 Å². The van der Waals surface area contributed by atoms with Gasteiger partial charge in [0.1, 0.15) is 46.2 Å². The molecule has 48 heavy (non-hydrogen) atoms. The van der Waals surface area contributed by atoms with Crippen LogP contribution >= 0.6 is 0 Å². The Morgan fingerprint density at radius 3 is 1.54 bits per heavy atom. The van der Waals surface area contributed by atoms with E-state index in [4.69, 9.17) is 28.0 Å². The smallest absolute Gasteiger partial charge is 0.143 e. The van der Waals surface area contributed by atoms with E-state index >= 15 is 0 Å². The van der Waals surface area contributed by atoms with Crippen LogP contribution in [0, 0.1) is 0 Å². The van der Waals surface area contributed by atoms with Crippen LogP contribution < -0.4 is 16.4 Å². The van der Waals surface area contributed by atoms with Gasteiger partial charge in [-0.15, -0.1) is 0 Å². The van der Waals surface area contributed by atoms with Crippen molar-refractivity contribution >= 4 is 94.2 Å². The molecule has 0 amide bonds. The van der Waals surface area contributed by atoms with Crippen molar-refractivity contribution in [2.24, 2.45) is 0 Å². The predicted octanol–water partition coefficient (Wildman–Crippen LogP) is 7.84. The van der Waals surface area contributed by atoms with E-state index in [1.807, 2.05) is 48.5 Å². The first kappa shape index (κ1) is 28.4. The van der Waals surface area contributed by atoms with Gasteiger partial charge in [0.25, 0.3) is 0 Å². The molecule has 218 valence electrons. The summed E-state index contributed by atoms with van der Waals surface area (Å²) in [5.74, 6) is -0.795. The monoisotopic (exact) mass is 608 g/mol. The number of hydrogen-bond acceptors (Lipinski definition) is 3. The van der Waals surface area contributed by atoms with Crippen molar-refractivity contribution in [1.29, 1.82) is 0 Å². The summed E-state index contributed by atoms with van der Waals surface area (Å²) in [6.07, 6.45) is 0. The van der Waals surface area contributed by atoms with Gasteiger partial charge in [-0.3, -0.25) is 0 Å². The molecule has 9 rings (SSSR count). The molecule has 6 radical (unpaired) electrons. The Morgan fingerprint density at radius 1 is 0.396 bits per heavy atom. The van der Waals surface area contributed by atoms with Gasteiger partial charge in [-0.25, -0.2) is 0 Å². The zero-order valence-electron chi connectivity index (χ0n) is 25.7. The molecule has 0 bridgehead atoms. The molecule has 0 saturated heterocycles. The minimum atomic E-state index is -0.398. The molecule has 0 fully saturated rings. The molecule has 0 spiro atoms. The maximum absolute atomic E-state index is 10.8. The van der Waals surface area contributed by atoms with E-state index in [1.54, 1.807) is 0 Å². The number of aromatic hydroxyl groups is 2. The second-order valence-electron chi connectivity index (χ2n) is 12.1. The summed E-state index contributed by atoms with van der Waals surface area (Å²) >= 11 is 0. The number of hydrogen-bond donors (Lipinski definition) is 2. The summed E-state index contributed by atoms with van der Waals surface area (Å²) in [6.45, 7) is 0. The zero-order chi connectivity index (χ0) is 32.7. The molecule has 6 heteroatoms. The molecule has 9 aromatic rings. The first-order valence-electron chi connectivity index (χ1n) is 15.7. The van der Waals surface area contributed by atoms with Crippen LogP contribution in [0.5, 0.6) is 11.5 Å². The minimum Gasteiger partial charge on any atom is -0.509 e. The van der Waals surface area contributed by atoms with Crippen LogP contribution in [0.25, 0.3) is 87.6 Å². The SMILES string of the molecule is [B]c1c(O)c([B])c(-c2c3ccccc3c(-c3cccc4oc5c(-c6cccc7ccccc67)cccc5c34)c3ccccc23)c([B])c1O. The lowest BCUT2D eigenvalue weighted by Crippen LogP contribution is -2.28. The number of rotatable bonds is 3. The van der Waals surface area contributed by atoms with Crippen molar-refractivity contribution in [1.82, 2.24) is 0 Å². The Hall–Kier alpha value is -5.87. The summed E-state index contributed by atoms with van der Waals surface area (Å²) in [5.41, 5.74) is 6.61.